The van der Waals surface area contributed by atoms with Gasteiger partial charge in [-0.05, 0) is 71.1 Å². The van der Waals surface area contributed by atoms with E-state index in [1.165, 1.54) is 13.2 Å². The van der Waals surface area contributed by atoms with Gasteiger partial charge in [0.25, 0.3) is 0 Å². The number of benzene rings is 3. The van der Waals surface area contributed by atoms with Gasteiger partial charge in [-0.25, -0.2) is 9.59 Å². The summed E-state index contributed by atoms with van der Waals surface area (Å²) in [6, 6.07) is 20.5. The molecule has 0 aliphatic rings. The van der Waals surface area contributed by atoms with E-state index >= 15 is 0 Å². The molecule has 0 bridgehead atoms. The second-order valence-corrected chi connectivity index (χ2v) is 8.55. The number of allylic oxidation sites excluding steroid dienone is 1. The van der Waals surface area contributed by atoms with E-state index in [1.807, 2.05) is 12.1 Å². The lowest BCUT2D eigenvalue weighted by molar-refractivity contribution is 0.0600. The van der Waals surface area contributed by atoms with Crippen molar-refractivity contribution >= 4 is 23.8 Å². The predicted octanol–water partition coefficient (Wildman–Crippen LogP) is 5.89. The largest absolute Gasteiger partial charge is 0.465 e. The number of ether oxygens (including phenoxy) is 2. The van der Waals surface area contributed by atoms with Crippen LogP contribution in [0.25, 0.3) is 6.08 Å². The van der Waals surface area contributed by atoms with Crippen molar-refractivity contribution < 1.29 is 23.9 Å². The van der Waals surface area contributed by atoms with Crippen molar-refractivity contribution in [1.82, 2.24) is 0 Å². The van der Waals surface area contributed by atoms with E-state index in [2.05, 4.69) is 25.5 Å². The topological polar surface area (TPSA) is 69.7 Å². The minimum absolute atomic E-state index is 0.00571. The van der Waals surface area contributed by atoms with Gasteiger partial charge in [-0.3, -0.25) is 4.79 Å². The molecule has 0 aliphatic carbocycles. The summed E-state index contributed by atoms with van der Waals surface area (Å²) in [5.74, 6) is -0.698. The van der Waals surface area contributed by atoms with Gasteiger partial charge in [-0.2, -0.15) is 0 Å². The zero-order valence-electron chi connectivity index (χ0n) is 19.1. The third-order valence-corrected chi connectivity index (χ3v) is 5.09. The first-order valence-electron chi connectivity index (χ1n) is 10.5. The molecule has 0 N–H and O–H groups in total. The molecule has 0 aliphatic heterocycles. The molecule has 0 heterocycles. The lowest BCUT2D eigenvalue weighted by atomic mass is 9.87. The van der Waals surface area contributed by atoms with Crippen LogP contribution < -0.4 is 4.74 Å². The van der Waals surface area contributed by atoms with E-state index in [9.17, 15) is 14.4 Å². The molecular formula is C28H26O5. The zero-order chi connectivity index (χ0) is 24.0. The van der Waals surface area contributed by atoms with Crippen LogP contribution >= 0.6 is 0 Å². The maximum Gasteiger partial charge on any atom is 0.343 e. The highest BCUT2D eigenvalue weighted by atomic mass is 16.5. The molecule has 5 heteroatoms. The van der Waals surface area contributed by atoms with Gasteiger partial charge in [0.2, 0.25) is 0 Å². The summed E-state index contributed by atoms with van der Waals surface area (Å²) in [4.78, 5) is 36.3. The van der Waals surface area contributed by atoms with Crippen LogP contribution in [0.3, 0.4) is 0 Å². The van der Waals surface area contributed by atoms with Gasteiger partial charge in [0, 0.05) is 5.56 Å². The Kier molecular flexibility index (Phi) is 7.23. The smallest absolute Gasteiger partial charge is 0.343 e. The Hall–Kier alpha value is -3.99. The van der Waals surface area contributed by atoms with Crippen LogP contribution in [0.4, 0.5) is 0 Å². The number of hydrogen-bond donors (Lipinski definition) is 0. The SMILES string of the molecule is COC(=O)c1ccc(C=CC(=O)c2ccc(OC(=O)c3ccc(C(C)(C)C)cc3)cc2)cc1. The molecule has 3 aromatic rings. The molecule has 0 radical (unpaired) electrons. The summed E-state index contributed by atoms with van der Waals surface area (Å²) in [6.45, 7) is 6.33. The van der Waals surface area contributed by atoms with Crippen molar-refractivity contribution in [2.75, 3.05) is 7.11 Å². The first-order chi connectivity index (χ1) is 15.7. The lowest BCUT2D eigenvalue weighted by Gasteiger charge is -2.18. The van der Waals surface area contributed by atoms with Crippen molar-refractivity contribution in [3.05, 3.63) is 107 Å². The lowest BCUT2D eigenvalue weighted by Crippen LogP contribution is -2.13. The van der Waals surface area contributed by atoms with Crippen molar-refractivity contribution in [3.63, 3.8) is 0 Å². The van der Waals surface area contributed by atoms with Crippen molar-refractivity contribution in [3.8, 4) is 5.75 Å². The van der Waals surface area contributed by atoms with Crippen LogP contribution in [0, 0.1) is 0 Å². The Morgan fingerprint density at radius 3 is 1.76 bits per heavy atom. The van der Waals surface area contributed by atoms with Crippen LogP contribution in [-0.4, -0.2) is 24.8 Å². The molecule has 33 heavy (non-hydrogen) atoms. The van der Waals surface area contributed by atoms with Crippen molar-refractivity contribution in [2.45, 2.75) is 26.2 Å². The molecule has 0 saturated heterocycles. The van der Waals surface area contributed by atoms with E-state index in [4.69, 9.17) is 4.74 Å². The number of esters is 2. The van der Waals surface area contributed by atoms with Gasteiger partial charge in [0.1, 0.15) is 5.75 Å². The number of methoxy groups -OCH3 is 1. The van der Waals surface area contributed by atoms with Crippen molar-refractivity contribution in [2.24, 2.45) is 0 Å². The second kappa shape index (κ2) is 10.1. The average Bonchev–Trinajstić information content (AvgIpc) is 2.82. The minimum atomic E-state index is -0.454. The standard InChI is InChI=1S/C28H26O5/c1-28(2,3)23-14-10-22(11-15-23)27(31)33-24-16-12-20(13-17-24)25(29)18-7-19-5-8-21(9-6-19)26(30)32-4/h5-18H,1-4H3. The molecule has 0 amide bonds. The van der Waals surface area contributed by atoms with E-state index in [1.54, 1.807) is 66.7 Å². The molecule has 3 rings (SSSR count). The Morgan fingerprint density at radius 1 is 0.697 bits per heavy atom. The minimum Gasteiger partial charge on any atom is -0.465 e. The highest BCUT2D eigenvalue weighted by molar-refractivity contribution is 6.07. The molecule has 0 spiro atoms. The molecule has 0 atom stereocenters. The van der Waals surface area contributed by atoms with Gasteiger partial charge in [-0.15, -0.1) is 0 Å². The fraction of sp³-hybridized carbons (Fsp3) is 0.179. The van der Waals surface area contributed by atoms with Gasteiger partial charge < -0.3 is 9.47 Å². The van der Waals surface area contributed by atoms with Gasteiger partial charge in [-0.1, -0.05) is 51.1 Å². The van der Waals surface area contributed by atoms with Gasteiger partial charge in [0.15, 0.2) is 5.78 Å². The number of ketones is 1. The number of carbonyl (C=O) groups excluding carboxylic acids is 3. The molecule has 0 unspecified atom stereocenters. The van der Waals surface area contributed by atoms with Crippen LogP contribution in [0.2, 0.25) is 0 Å². The van der Waals surface area contributed by atoms with E-state index in [0.29, 0.717) is 22.4 Å². The third-order valence-electron chi connectivity index (χ3n) is 5.09. The van der Waals surface area contributed by atoms with Crippen molar-refractivity contribution in [1.29, 1.82) is 0 Å². The highest BCUT2D eigenvalue weighted by Gasteiger charge is 2.15. The molecule has 5 nitrogen and oxygen atoms in total. The maximum absolute atomic E-state index is 12.4. The fourth-order valence-electron chi connectivity index (χ4n) is 3.08. The summed E-state index contributed by atoms with van der Waals surface area (Å²) in [6.07, 6.45) is 3.11. The van der Waals surface area contributed by atoms with Gasteiger partial charge >= 0.3 is 11.9 Å². The van der Waals surface area contributed by atoms with Gasteiger partial charge in [0.05, 0.1) is 18.2 Å². The molecule has 168 valence electrons. The van der Waals surface area contributed by atoms with Crippen LogP contribution in [-0.2, 0) is 10.2 Å². The Bertz CT molecular complexity index is 1160. The first kappa shape index (κ1) is 23.7. The van der Waals surface area contributed by atoms with E-state index in [0.717, 1.165) is 11.1 Å². The predicted molar refractivity (Wildman–Crippen MR) is 128 cm³/mol. The monoisotopic (exact) mass is 442 g/mol. The third kappa shape index (κ3) is 6.26. The molecule has 0 fully saturated rings. The summed E-state index contributed by atoms with van der Waals surface area (Å²) in [5, 5.41) is 0. The number of rotatable bonds is 6. The van der Waals surface area contributed by atoms with Crippen LogP contribution in [0.1, 0.15) is 63.0 Å². The van der Waals surface area contributed by atoms with E-state index < -0.39 is 11.9 Å². The quantitative estimate of drug-likeness (QED) is 0.206. The van der Waals surface area contributed by atoms with E-state index in [-0.39, 0.29) is 11.2 Å². The maximum atomic E-state index is 12.4. The summed E-state index contributed by atoms with van der Waals surface area (Å²) in [5.41, 5.74) is 3.28. The summed E-state index contributed by atoms with van der Waals surface area (Å²) in [7, 11) is 1.32. The number of carbonyl (C=O) groups is 3. The zero-order valence-corrected chi connectivity index (χ0v) is 19.1. The molecule has 0 saturated carbocycles. The molecular weight excluding hydrogens is 416 g/mol. The van der Waals surface area contributed by atoms with Crippen LogP contribution in [0.15, 0.2) is 78.9 Å². The Morgan fingerprint density at radius 2 is 1.21 bits per heavy atom. The Labute approximate surface area is 193 Å². The first-order valence-corrected chi connectivity index (χ1v) is 10.5. The fourth-order valence-corrected chi connectivity index (χ4v) is 3.08. The van der Waals surface area contributed by atoms with Crippen LogP contribution in [0.5, 0.6) is 5.75 Å². The highest BCUT2D eigenvalue weighted by Crippen LogP contribution is 2.23. The molecule has 3 aromatic carbocycles. The Balaban J connectivity index is 1.61. The summed E-state index contributed by atoms with van der Waals surface area (Å²) >= 11 is 0. The molecule has 0 aromatic heterocycles. The average molecular weight is 443 g/mol. The summed E-state index contributed by atoms with van der Waals surface area (Å²) < 4.78 is 10.1. The second-order valence-electron chi connectivity index (χ2n) is 8.55. The number of hydrogen-bond acceptors (Lipinski definition) is 5. The normalized spacial score (nSPS) is 11.3.